The minimum Gasteiger partial charge on any atom is -0.444 e. The molecule has 6 aromatic heterocycles. The number of benzene rings is 3. The molecular formula is C82H99BN18O9U. The Morgan fingerprint density at radius 2 is 0.901 bits per heavy atom. The number of carbonyl (C=O) groups is 6. The summed E-state index contributed by atoms with van der Waals surface area (Å²) < 4.78 is 21.9. The number of nitrogens with one attached hydrogen (secondary N) is 5. The first-order valence-electron chi connectivity index (χ1n) is 36.9. The maximum absolute atomic E-state index is 12.9. The van der Waals surface area contributed by atoms with Gasteiger partial charge in [-0.25, -0.2) is 55.8 Å². The van der Waals surface area contributed by atoms with Crippen molar-refractivity contribution in [3.05, 3.63) is 171 Å². The molecule has 12 rings (SSSR count). The number of hydrogen-bond donors (Lipinski definition) is 7. The predicted octanol–water partition coefficient (Wildman–Crippen LogP) is 14.5. The van der Waals surface area contributed by atoms with Gasteiger partial charge < -0.3 is 54.8 Å². The number of aromatic nitrogens is 9. The molecule has 3 aliphatic rings. The van der Waals surface area contributed by atoms with Crippen LogP contribution >= 0.6 is 0 Å². The predicted molar refractivity (Wildman–Crippen MR) is 432 cm³/mol. The number of nitrogens with zero attached hydrogens (tertiary/aromatic N) is 12. The van der Waals surface area contributed by atoms with E-state index in [4.69, 9.17) is 36.3 Å². The van der Waals surface area contributed by atoms with Gasteiger partial charge in [0, 0.05) is 112 Å². The molecule has 0 bridgehead atoms. The van der Waals surface area contributed by atoms with E-state index in [-0.39, 0.29) is 92.9 Å². The second-order valence-corrected chi connectivity index (χ2v) is 28.7. The molecule has 0 atom stereocenters. The van der Waals surface area contributed by atoms with Gasteiger partial charge in [0.2, 0.25) is 0 Å². The van der Waals surface area contributed by atoms with Crippen LogP contribution in [0.2, 0.25) is 0 Å². The average Bonchev–Trinajstić information content (AvgIpc) is 1.61. The van der Waals surface area contributed by atoms with Gasteiger partial charge in [0.1, 0.15) is 64.6 Å². The van der Waals surface area contributed by atoms with E-state index in [0.717, 1.165) is 115 Å². The summed E-state index contributed by atoms with van der Waals surface area (Å²) in [6.45, 7) is 44.4. The van der Waals surface area contributed by atoms with Crippen LogP contribution < -0.4 is 32.3 Å². The third-order valence-electron chi connectivity index (χ3n) is 17.3. The first kappa shape index (κ1) is 87.2. The number of aliphatic hydroxyl groups is 1. The Balaban J connectivity index is 0.000000244. The Morgan fingerprint density at radius 3 is 1.24 bits per heavy atom. The molecule has 3 aliphatic carbocycles. The molecule has 578 valence electrons. The van der Waals surface area contributed by atoms with Crippen molar-refractivity contribution >= 4 is 107 Å². The van der Waals surface area contributed by atoms with E-state index >= 15 is 0 Å². The number of rotatable bonds is 23. The number of unbranched alkanes of at least 4 members (excludes halogenated alkanes) is 2. The minimum atomic E-state index is -0.684. The van der Waals surface area contributed by atoms with Gasteiger partial charge in [0.25, 0.3) is 35.7 Å². The van der Waals surface area contributed by atoms with E-state index < -0.39 is 23.4 Å². The second kappa shape index (κ2) is 40.6. The zero-order valence-electron chi connectivity index (χ0n) is 65.2. The summed E-state index contributed by atoms with van der Waals surface area (Å²) in [5.74, 6) is 0.0465. The molecule has 111 heavy (non-hydrogen) atoms. The van der Waals surface area contributed by atoms with Crippen LogP contribution in [0.4, 0.5) is 27.0 Å². The summed E-state index contributed by atoms with van der Waals surface area (Å²) in [6.07, 6.45) is 17.1. The van der Waals surface area contributed by atoms with E-state index in [9.17, 15) is 33.9 Å². The smallest absolute Gasteiger partial charge is 0.413 e. The molecule has 2 radical (unpaired) electrons. The van der Waals surface area contributed by atoms with Gasteiger partial charge >= 0.3 is 12.2 Å². The number of aryl methyl sites for hydroxylation is 6. The van der Waals surface area contributed by atoms with E-state index in [0.29, 0.717) is 105 Å². The van der Waals surface area contributed by atoms with E-state index in [1.54, 1.807) is 53.7 Å². The van der Waals surface area contributed by atoms with Crippen LogP contribution in [0, 0.1) is 71.6 Å². The van der Waals surface area contributed by atoms with Crippen LogP contribution in [-0.4, -0.2) is 137 Å². The molecule has 8 N–H and O–H groups in total. The molecule has 9 aromatic rings. The Bertz CT molecular complexity index is 4990. The number of amides is 5. The van der Waals surface area contributed by atoms with Crippen LogP contribution in [0.15, 0.2) is 103 Å². The number of carbonyl (C=O) groups excluding carboxylic acids is 6. The molecule has 6 heterocycles. The maximum Gasteiger partial charge on any atom is 0.413 e. The number of ether oxygens (including phenoxy) is 2. The number of hydrogen-bond acceptors (Lipinski definition) is 16. The fourth-order valence-electron chi connectivity index (χ4n) is 11.7. The molecule has 27 nitrogen and oxygen atoms in total. The van der Waals surface area contributed by atoms with E-state index in [1.165, 1.54) is 19.0 Å². The number of aliphatic hydroxyl groups excluding tert-OH is 1. The van der Waals surface area contributed by atoms with Gasteiger partial charge in [-0.15, -0.1) is 0 Å². The maximum atomic E-state index is 12.9. The summed E-state index contributed by atoms with van der Waals surface area (Å²) in [5, 5.41) is 25.4. The van der Waals surface area contributed by atoms with E-state index in [1.807, 2.05) is 107 Å². The quantitative estimate of drug-likeness (QED) is 0.0135. The molecular weight excluding hydrogens is 1630 g/mol. The number of aldehydes is 1. The molecule has 0 unspecified atom stereocenters. The van der Waals surface area contributed by atoms with Crippen molar-refractivity contribution in [3.63, 3.8) is 0 Å². The third kappa shape index (κ3) is 24.0. The molecule has 29 heteroatoms. The Hall–Kier alpha value is -11.0. The molecule has 0 aliphatic heterocycles. The van der Waals surface area contributed by atoms with Gasteiger partial charge in [-0.2, -0.15) is 0 Å². The van der Waals surface area contributed by atoms with Crippen molar-refractivity contribution in [2.45, 2.75) is 203 Å². The Labute approximate surface area is 675 Å². The zero-order chi connectivity index (χ0) is 80.0. The van der Waals surface area contributed by atoms with Gasteiger partial charge in [0.15, 0.2) is 6.29 Å². The van der Waals surface area contributed by atoms with Crippen LogP contribution in [-0.2, 0) is 43.5 Å². The van der Waals surface area contributed by atoms with Crippen molar-refractivity contribution < 1.29 is 74.5 Å². The normalized spacial score (nSPS) is 13.1. The summed E-state index contributed by atoms with van der Waals surface area (Å²) in [4.78, 5) is 110. The monoisotopic (exact) mass is 1730 g/mol. The minimum absolute atomic E-state index is 0. The molecule has 3 aromatic carbocycles. The first-order valence-corrected chi connectivity index (χ1v) is 36.3. The zero-order valence-corrected chi connectivity index (χ0v) is 68.3. The molecule has 0 spiro atoms. The second-order valence-electron chi connectivity index (χ2n) is 28.7. The van der Waals surface area contributed by atoms with Crippen LogP contribution in [0.5, 0.6) is 0 Å². The standard InChI is InChI=1S/C29H34N6O3.C23H24N6O2.C23H28N4O3.C6H8N2O.CH4.BH.U/c1-7-8-15-35-22(16-21(30-6)27(36)33-20-13-14-20)23(19-11-9-18(2)10-12-19)24-25(31-17-32-26(24)35)34-28(37)38-29(3,4)5;1-14-4-6-15(7-5-14)19-18(12-17(25-2)23(31)28-16-8-9-16)29(10-3-11-30)22-20(19)21(24)26-13-27-22;1-6-7-12-27-17(13-28)18(16-10-8-15(2)9-11-16)19-20(24-14-25-21(19)27)26-22(29)30-23(3,4)5;1-7-4-6(9)8-5-2-3-5;;;/h9-12,16-17,20H,7-8,13-15H2,1-5H3,(H,33,36)(H,31,32,34,37);4-7,12-13,16,30H,3,8-11H2,1H3,(H,28,31)(H2,24,26,27);8-11,13-14H,6-7,12H2,1-5H3,(H,24,25,26,29);5H,2-4H2,(H,8,9);1H4;1H;/b21-16-;17-12-;;;;;/i;;;;;1D;. The number of nitrogen functional groups attached to an aromatic ring is 1. The van der Waals surface area contributed by atoms with Crippen molar-refractivity contribution in [2.75, 3.05) is 29.5 Å². The van der Waals surface area contributed by atoms with Gasteiger partial charge in [-0.05, 0) is 150 Å². The Morgan fingerprint density at radius 1 is 0.559 bits per heavy atom. The first-order chi connectivity index (χ1) is 52.7. The number of fused-ring (bicyclic) bond motifs is 3. The largest absolute Gasteiger partial charge is 0.444 e. The molecule has 5 amide bonds. The van der Waals surface area contributed by atoms with Crippen molar-refractivity contribution in [1.82, 2.24) is 59.6 Å². The molecule has 0 saturated heterocycles. The van der Waals surface area contributed by atoms with E-state index in [2.05, 4.69) is 93.2 Å². The fourth-order valence-corrected chi connectivity index (χ4v) is 11.7. The van der Waals surface area contributed by atoms with Crippen LogP contribution in [0.25, 0.3) is 93.2 Å². The number of nitrogens with two attached hydrogens (primary N) is 1. The summed E-state index contributed by atoms with van der Waals surface area (Å²) >= 11 is 0. The van der Waals surface area contributed by atoms with Gasteiger partial charge in [0.05, 0.1) is 35.0 Å². The number of anilines is 3. The summed E-state index contributed by atoms with van der Waals surface area (Å²) in [5.41, 5.74) is 16.7. The van der Waals surface area contributed by atoms with Gasteiger partial charge in [-0.1, -0.05) is 124 Å². The molecule has 3 fully saturated rings. The summed E-state index contributed by atoms with van der Waals surface area (Å²) in [6, 6.07) is 24.5. The van der Waals surface area contributed by atoms with Crippen molar-refractivity contribution in [1.29, 1.82) is 1.34 Å². The van der Waals surface area contributed by atoms with Crippen LogP contribution in [0.1, 0.15) is 172 Å². The van der Waals surface area contributed by atoms with Crippen molar-refractivity contribution in [3.8, 4) is 33.4 Å². The van der Waals surface area contributed by atoms with Crippen LogP contribution in [0.3, 0.4) is 0 Å². The fraction of sp³-hybridized carbons (Fsp3) is 0.402. The molecule has 3 saturated carbocycles. The SMILES string of the molecule is C.CCCCn1c(C=O)c(-c2ccc(C)cc2)c2c(NC(=O)OC(C)(C)C)ncnc21.[2H][B].[C-]#[N+]/C(=C\c1c(-c2ccc(C)cc2)c2c(N)ncnc2n1CCCO)C(=O)NC1CC1.[C-]#[N+]/C(=C\c1c(-c2ccc(C)cc2)c2c(NC(=O)OC(C)(C)C)ncnc2n1CCCC)C(=O)NC1CC1.[C-]#[N+]CC(=O)NC1CC1.[U]. The Kier molecular flexibility index (Phi) is 31.9. The van der Waals surface area contributed by atoms with Gasteiger partial charge in [-0.3, -0.25) is 29.8 Å². The topological polar surface area (TPSA) is 332 Å². The van der Waals surface area contributed by atoms with Crippen molar-refractivity contribution in [2.24, 2.45) is 0 Å². The average molecular weight is 1730 g/mol. The summed E-state index contributed by atoms with van der Waals surface area (Å²) in [7, 11) is 3.75. The third-order valence-corrected chi connectivity index (χ3v) is 17.3.